The van der Waals surface area contributed by atoms with Crippen molar-refractivity contribution in [3.8, 4) is 0 Å². The maximum Gasteiger partial charge on any atom is 0.264 e. The highest BCUT2D eigenvalue weighted by Gasteiger charge is 2.48. The van der Waals surface area contributed by atoms with Crippen molar-refractivity contribution >= 4 is 29.7 Å². The molecule has 5 rings (SSSR count). The number of nitrogens with two attached hydrogens (primary N) is 1. The van der Waals surface area contributed by atoms with E-state index in [1.54, 1.807) is 43.0 Å². The molecular formula is C31H37N8O2+. The molecule has 0 bridgehead atoms. The molecule has 2 aromatic rings. The highest BCUT2D eigenvalue weighted by Crippen LogP contribution is 2.37. The van der Waals surface area contributed by atoms with Crippen LogP contribution in [0.4, 0.5) is 5.82 Å². The van der Waals surface area contributed by atoms with Crippen LogP contribution in [-0.2, 0) is 4.79 Å². The van der Waals surface area contributed by atoms with Gasteiger partial charge in [-0.2, -0.15) is 10.8 Å². The second-order valence-electron chi connectivity index (χ2n) is 11.1. The minimum Gasteiger partial charge on any atom is -0.330 e. The fourth-order valence-corrected chi connectivity index (χ4v) is 5.26. The minimum atomic E-state index is -0.248. The molecule has 1 aromatic carbocycles. The molecule has 2 atom stereocenters. The van der Waals surface area contributed by atoms with Crippen molar-refractivity contribution in [3.63, 3.8) is 0 Å². The van der Waals surface area contributed by atoms with E-state index < -0.39 is 0 Å². The maximum absolute atomic E-state index is 13.1. The van der Waals surface area contributed by atoms with Gasteiger partial charge in [0.25, 0.3) is 11.7 Å². The number of carbonyl (C=O) groups excluding carboxylic acids is 2. The van der Waals surface area contributed by atoms with Crippen LogP contribution in [0.5, 0.6) is 0 Å². The zero-order chi connectivity index (χ0) is 29.1. The van der Waals surface area contributed by atoms with E-state index in [2.05, 4.69) is 29.1 Å². The van der Waals surface area contributed by atoms with Crippen LogP contribution >= 0.6 is 0 Å². The van der Waals surface area contributed by atoms with Crippen LogP contribution < -0.4 is 11.2 Å². The number of likely N-dealkylation sites (tertiary alicyclic amines) is 1. The summed E-state index contributed by atoms with van der Waals surface area (Å²) < 4.78 is -0.148. The molecule has 0 radical (unpaired) electrons. The van der Waals surface area contributed by atoms with Crippen molar-refractivity contribution in [3.05, 3.63) is 95.2 Å². The average molecular weight is 554 g/mol. The van der Waals surface area contributed by atoms with Gasteiger partial charge in [-0.25, -0.2) is 4.98 Å². The number of rotatable bonds is 8. The second kappa shape index (κ2) is 11.7. The number of likely N-dealkylation sites (N-methyl/N-ethyl adjacent to an activating group) is 1. The van der Waals surface area contributed by atoms with Crippen molar-refractivity contribution in [2.45, 2.75) is 38.6 Å². The van der Waals surface area contributed by atoms with Crippen LogP contribution in [0.3, 0.4) is 0 Å². The van der Waals surface area contributed by atoms with E-state index in [1.165, 1.54) is 0 Å². The van der Waals surface area contributed by atoms with E-state index in [0.717, 1.165) is 35.4 Å². The Morgan fingerprint density at radius 1 is 1.22 bits per heavy atom. The van der Waals surface area contributed by atoms with Crippen molar-refractivity contribution in [1.29, 1.82) is 0 Å². The van der Waals surface area contributed by atoms with E-state index in [1.807, 2.05) is 54.2 Å². The van der Waals surface area contributed by atoms with Gasteiger partial charge in [0.1, 0.15) is 17.7 Å². The summed E-state index contributed by atoms with van der Waals surface area (Å²) in [6.45, 7) is 5.54. The summed E-state index contributed by atoms with van der Waals surface area (Å²) >= 11 is 0. The number of amidine groups is 1. The monoisotopic (exact) mass is 553 g/mol. The average Bonchev–Trinajstić information content (AvgIpc) is 3.55. The number of hydrogen-bond donors (Lipinski definition) is 2. The third-order valence-electron chi connectivity index (χ3n) is 7.50. The fraction of sp³-hybridized carbons (Fsp3) is 0.323. The summed E-state index contributed by atoms with van der Waals surface area (Å²) in [7, 11) is 3.93. The molecule has 212 valence electrons. The predicted octanol–water partition coefficient (Wildman–Crippen LogP) is 3.78. The summed E-state index contributed by atoms with van der Waals surface area (Å²) in [5, 5.41) is 2.88. The lowest BCUT2D eigenvalue weighted by molar-refractivity contribution is -0.750. The number of aliphatic imine (C=N–C) groups is 2. The summed E-state index contributed by atoms with van der Waals surface area (Å²) in [4.78, 5) is 43.6. The Balaban J connectivity index is 1.39. The van der Waals surface area contributed by atoms with Gasteiger partial charge in [0.05, 0.1) is 24.0 Å². The first-order chi connectivity index (χ1) is 19.7. The number of aromatic nitrogens is 1. The van der Waals surface area contributed by atoms with Gasteiger partial charge in [0, 0.05) is 30.9 Å². The summed E-state index contributed by atoms with van der Waals surface area (Å²) in [6, 6.07) is 10.8. The van der Waals surface area contributed by atoms with Gasteiger partial charge in [0.2, 0.25) is 11.6 Å². The molecule has 3 N–H and O–H groups in total. The number of anilines is 1. The van der Waals surface area contributed by atoms with Crippen LogP contribution in [0, 0.1) is 0 Å². The van der Waals surface area contributed by atoms with E-state index in [9.17, 15) is 9.59 Å². The lowest BCUT2D eigenvalue weighted by Gasteiger charge is -2.27. The molecular weight excluding hydrogens is 516 g/mol. The standard InChI is InChI=1S/C31H36N8O2/c1-21(2)24-13-14-34-27(19-24)35-31(41)23-11-9-22(10-12-23)30-36-29(26-20-33-15-18-39(26,30)32)25-7-5-17-38(25)28(40)8-6-16-37(3)4/h6,8-15,18-21,25H,5,7,16-17,32H2,1-4H3/p+1/b8-6+. The zero-order valence-corrected chi connectivity index (χ0v) is 24.0. The second-order valence-corrected chi connectivity index (χ2v) is 11.1. The van der Waals surface area contributed by atoms with Crippen molar-refractivity contribution < 1.29 is 14.2 Å². The van der Waals surface area contributed by atoms with Crippen LogP contribution in [-0.4, -0.2) is 76.5 Å². The van der Waals surface area contributed by atoms with Crippen molar-refractivity contribution in [2.75, 3.05) is 32.5 Å². The number of carbonyl (C=O) groups is 2. The lowest BCUT2D eigenvalue weighted by Crippen LogP contribution is -2.53. The molecule has 1 aromatic heterocycles. The zero-order valence-electron chi connectivity index (χ0n) is 24.0. The number of allylic oxidation sites excluding steroid dienone is 1. The molecule has 10 nitrogen and oxygen atoms in total. The number of pyridine rings is 1. The smallest absolute Gasteiger partial charge is 0.264 e. The molecule has 3 aliphatic rings. The Hall–Kier alpha value is -4.25. The van der Waals surface area contributed by atoms with Gasteiger partial charge in [-0.05, 0) is 74.8 Å². The van der Waals surface area contributed by atoms with Gasteiger partial charge in [-0.3, -0.25) is 14.6 Å². The first-order valence-electron chi connectivity index (χ1n) is 13.9. The van der Waals surface area contributed by atoms with E-state index in [-0.39, 0.29) is 22.4 Å². The quantitative estimate of drug-likeness (QED) is 0.293. The van der Waals surface area contributed by atoms with Crippen LogP contribution in [0.25, 0.3) is 0 Å². The molecule has 3 aliphatic heterocycles. The Morgan fingerprint density at radius 2 is 2.00 bits per heavy atom. The molecule has 41 heavy (non-hydrogen) atoms. The molecule has 2 unspecified atom stereocenters. The molecule has 4 heterocycles. The highest BCUT2D eigenvalue weighted by molar-refractivity contribution is 6.05. The largest absolute Gasteiger partial charge is 0.330 e. The number of fused-ring (bicyclic) bond motifs is 1. The topological polar surface area (TPSA) is 116 Å². The molecule has 0 spiro atoms. The number of amides is 2. The van der Waals surface area contributed by atoms with E-state index in [4.69, 9.17) is 10.8 Å². The van der Waals surface area contributed by atoms with Gasteiger partial charge in [-0.15, -0.1) is 4.59 Å². The van der Waals surface area contributed by atoms with Crippen molar-refractivity contribution in [1.82, 2.24) is 14.8 Å². The van der Waals surface area contributed by atoms with Gasteiger partial charge in [0.15, 0.2) is 0 Å². The molecule has 2 amide bonds. The number of hydrogen-bond acceptors (Lipinski definition) is 7. The highest BCUT2D eigenvalue weighted by atomic mass is 16.2. The first-order valence-corrected chi connectivity index (χ1v) is 13.9. The number of nitrogens with zero attached hydrogens (tertiary/aromatic N) is 6. The van der Waals surface area contributed by atoms with Crippen LogP contribution in [0.1, 0.15) is 54.1 Å². The molecule has 1 fully saturated rings. The van der Waals surface area contributed by atoms with E-state index in [0.29, 0.717) is 36.2 Å². The molecule has 0 saturated carbocycles. The summed E-state index contributed by atoms with van der Waals surface area (Å²) in [6.07, 6.45) is 12.1. The Kier molecular flexibility index (Phi) is 8.07. The van der Waals surface area contributed by atoms with Gasteiger partial charge in [-0.1, -0.05) is 19.9 Å². The van der Waals surface area contributed by atoms with Crippen LogP contribution in [0.2, 0.25) is 0 Å². The normalized spacial score (nSPS) is 21.8. The molecule has 10 heteroatoms. The maximum atomic E-state index is 13.1. The summed E-state index contributed by atoms with van der Waals surface area (Å²) in [5.74, 6) is 8.11. The predicted molar refractivity (Wildman–Crippen MR) is 161 cm³/mol. The van der Waals surface area contributed by atoms with E-state index >= 15 is 0 Å². The van der Waals surface area contributed by atoms with Crippen molar-refractivity contribution in [2.24, 2.45) is 15.8 Å². The fourth-order valence-electron chi connectivity index (χ4n) is 5.26. The molecule has 0 aliphatic carbocycles. The Morgan fingerprint density at radius 3 is 2.73 bits per heavy atom. The third-order valence-corrected chi connectivity index (χ3v) is 7.50. The lowest BCUT2D eigenvalue weighted by atomic mass is 10.1. The molecule has 1 saturated heterocycles. The number of benzene rings is 1. The van der Waals surface area contributed by atoms with Crippen LogP contribution in [0.15, 0.2) is 88.5 Å². The summed E-state index contributed by atoms with van der Waals surface area (Å²) in [5.41, 5.74) is 3.86. The minimum absolute atomic E-state index is 0.0340. The third kappa shape index (κ3) is 5.81. The number of nitrogens with one attached hydrogen (secondary N) is 1. The SMILES string of the molecule is CC(C)c1ccnc(NC(=O)c2ccc(C3=NC(C4CCCN4C(=O)/C=C/CN(C)C)=C4C=NC=C[N+]34N)cc2)c1. The van der Waals surface area contributed by atoms with Gasteiger partial charge >= 0.3 is 0 Å². The van der Waals surface area contributed by atoms with Gasteiger partial charge < -0.3 is 15.1 Å². The Bertz CT molecular complexity index is 1490. The first kappa shape index (κ1) is 28.3. The Labute approximate surface area is 240 Å². The number of quaternary nitrogens is 1.